The lowest BCUT2D eigenvalue weighted by Crippen LogP contribution is -2.36. The molecule has 158 valence electrons. The summed E-state index contributed by atoms with van der Waals surface area (Å²) in [5.74, 6) is -2.81. The van der Waals surface area contributed by atoms with Crippen LogP contribution < -0.4 is 14.8 Å². The first-order valence-electron chi connectivity index (χ1n) is 8.76. The number of hydrogen-bond donors (Lipinski definition) is 1. The Morgan fingerprint density at radius 1 is 1.00 bits per heavy atom. The fourth-order valence-corrected chi connectivity index (χ4v) is 2.60. The van der Waals surface area contributed by atoms with Gasteiger partial charge in [-0.1, -0.05) is 30.3 Å². The van der Waals surface area contributed by atoms with Crippen molar-refractivity contribution in [3.8, 4) is 11.5 Å². The number of nitrogens with zero attached hydrogens (tertiary/aromatic N) is 1. The molecular formula is C20H20N2O8. The number of benzene rings is 2. The molecule has 0 aliphatic heterocycles. The third kappa shape index (κ3) is 5.77. The van der Waals surface area contributed by atoms with Crippen molar-refractivity contribution in [1.82, 2.24) is 5.32 Å². The second-order valence-corrected chi connectivity index (χ2v) is 5.98. The van der Waals surface area contributed by atoms with Gasteiger partial charge >= 0.3 is 11.7 Å². The fraction of sp³-hybridized carbons (Fsp3) is 0.250. The number of esters is 1. The van der Waals surface area contributed by atoms with Crippen LogP contribution in [0, 0.1) is 10.1 Å². The second kappa shape index (κ2) is 10.6. The lowest BCUT2D eigenvalue weighted by molar-refractivity contribution is -0.386. The Labute approximate surface area is 171 Å². The normalized spacial score (nSPS) is 10.1. The largest absolute Gasteiger partial charge is 0.496 e. The van der Waals surface area contributed by atoms with Crippen LogP contribution in [0.5, 0.6) is 11.5 Å². The zero-order chi connectivity index (χ0) is 22.1. The van der Waals surface area contributed by atoms with E-state index in [-0.39, 0.29) is 23.7 Å². The van der Waals surface area contributed by atoms with Crippen molar-refractivity contribution in [1.29, 1.82) is 0 Å². The van der Waals surface area contributed by atoms with Gasteiger partial charge < -0.3 is 19.5 Å². The number of methoxy groups -OCH3 is 2. The maximum atomic E-state index is 12.3. The van der Waals surface area contributed by atoms with Crippen LogP contribution in [0.25, 0.3) is 0 Å². The monoisotopic (exact) mass is 416 g/mol. The number of nitrogens with one attached hydrogen (secondary N) is 1. The molecule has 2 rings (SSSR count). The average Bonchev–Trinajstić information content (AvgIpc) is 2.75. The third-order valence-corrected chi connectivity index (χ3v) is 4.05. The molecule has 0 aliphatic rings. The Morgan fingerprint density at radius 3 is 2.23 bits per heavy atom. The Bertz CT molecular complexity index is 943. The first kappa shape index (κ1) is 22.3. The van der Waals surface area contributed by atoms with E-state index < -0.39 is 41.2 Å². The van der Waals surface area contributed by atoms with Gasteiger partial charge in [0.2, 0.25) is 5.78 Å². The first-order chi connectivity index (χ1) is 14.4. The minimum Gasteiger partial charge on any atom is -0.496 e. The van der Waals surface area contributed by atoms with Crippen LogP contribution in [0.2, 0.25) is 0 Å². The molecule has 0 fully saturated rings. The average molecular weight is 416 g/mol. The lowest BCUT2D eigenvalue weighted by Gasteiger charge is -2.11. The van der Waals surface area contributed by atoms with Gasteiger partial charge in [-0.15, -0.1) is 0 Å². The minimum atomic E-state index is -1.08. The zero-order valence-electron chi connectivity index (χ0n) is 16.4. The number of nitro benzene ring substituents is 1. The van der Waals surface area contributed by atoms with Crippen LogP contribution in [0.4, 0.5) is 5.69 Å². The second-order valence-electron chi connectivity index (χ2n) is 5.98. The van der Waals surface area contributed by atoms with Gasteiger partial charge in [0.1, 0.15) is 18.9 Å². The van der Waals surface area contributed by atoms with Crippen LogP contribution >= 0.6 is 0 Å². The van der Waals surface area contributed by atoms with Gasteiger partial charge in [-0.3, -0.25) is 24.5 Å². The quantitative estimate of drug-likeness (QED) is 0.267. The van der Waals surface area contributed by atoms with Crippen molar-refractivity contribution in [2.45, 2.75) is 13.0 Å². The molecule has 30 heavy (non-hydrogen) atoms. The standard InChI is InChI=1S/C20H20N2O8/c1-28-16-8-9-17(29-2)19(22(26)27)14(16)10-15(23)20(25)21-11-18(24)30-12-13-6-4-3-5-7-13/h3-9H,10-12H2,1-2H3,(H,21,25). The summed E-state index contributed by atoms with van der Waals surface area (Å²) in [6, 6.07) is 11.7. The Morgan fingerprint density at radius 2 is 1.63 bits per heavy atom. The van der Waals surface area contributed by atoms with E-state index in [0.717, 1.165) is 5.56 Å². The number of Topliss-reactive ketones (excluding diaryl/α,β-unsaturated/α-hetero) is 1. The molecule has 0 saturated heterocycles. The molecule has 0 aliphatic carbocycles. The highest BCUT2D eigenvalue weighted by molar-refractivity contribution is 6.37. The summed E-state index contributed by atoms with van der Waals surface area (Å²) < 4.78 is 15.0. The summed E-state index contributed by atoms with van der Waals surface area (Å²) >= 11 is 0. The van der Waals surface area contributed by atoms with Crippen molar-refractivity contribution in [2.24, 2.45) is 0 Å². The van der Waals surface area contributed by atoms with E-state index in [2.05, 4.69) is 5.32 Å². The van der Waals surface area contributed by atoms with Crippen molar-refractivity contribution in [3.63, 3.8) is 0 Å². The summed E-state index contributed by atoms with van der Waals surface area (Å²) in [4.78, 5) is 46.8. The lowest BCUT2D eigenvalue weighted by atomic mass is 10.0. The summed E-state index contributed by atoms with van der Waals surface area (Å²) in [7, 11) is 2.52. The van der Waals surface area contributed by atoms with E-state index in [0.29, 0.717) is 0 Å². The molecule has 0 aromatic heterocycles. The first-order valence-corrected chi connectivity index (χ1v) is 8.76. The predicted octanol–water partition coefficient (Wildman–Crippen LogP) is 1.58. The molecule has 10 heteroatoms. The van der Waals surface area contributed by atoms with Gasteiger partial charge in [-0.25, -0.2) is 0 Å². The Kier molecular flexibility index (Phi) is 7.86. The maximum Gasteiger partial charge on any atom is 0.325 e. The van der Waals surface area contributed by atoms with E-state index in [4.69, 9.17) is 14.2 Å². The zero-order valence-corrected chi connectivity index (χ0v) is 16.4. The highest BCUT2D eigenvalue weighted by Crippen LogP contribution is 2.37. The van der Waals surface area contributed by atoms with Gasteiger partial charge in [0.15, 0.2) is 5.75 Å². The molecule has 2 aromatic carbocycles. The molecule has 10 nitrogen and oxygen atoms in total. The van der Waals surface area contributed by atoms with Crippen molar-refractivity contribution >= 4 is 23.3 Å². The molecule has 0 unspecified atom stereocenters. The molecular weight excluding hydrogens is 396 g/mol. The maximum absolute atomic E-state index is 12.3. The molecule has 0 atom stereocenters. The number of amides is 1. The molecule has 1 N–H and O–H groups in total. The number of rotatable bonds is 10. The van der Waals surface area contributed by atoms with Crippen LogP contribution in [-0.4, -0.2) is 43.3 Å². The van der Waals surface area contributed by atoms with Gasteiger partial charge in [0, 0.05) is 0 Å². The molecule has 1 amide bonds. The molecule has 0 spiro atoms. The van der Waals surface area contributed by atoms with Gasteiger partial charge in [0.05, 0.1) is 31.1 Å². The summed E-state index contributed by atoms with van der Waals surface area (Å²) in [6.07, 6.45) is -0.610. The molecule has 0 saturated carbocycles. The van der Waals surface area contributed by atoms with Crippen molar-refractivity contribution < 1.29 is 33.5 Å². The number of ketones is 1. The van der Waals surface area contributed by atoms with Crippen molar-refractivity contribution in [3.05, 3.63) is 63.7 Å². The molecule has 0 heterocycles. The van der Waals surface area contributed by atoms with E-state index in [1.807, 2.05) is 6.07 Å². The van der Waals surface area contributed by atoms with Crippen molar-refractivity contribution in [2.75, 3.05) is 20.8 Å². The van der Waals surface area contributed by atoms with Gasteiger partial charge in [-0.2, -0.15) is 0 Å². The summed E-state index contributed by atoms with van der Waals surface area (Å²) in [5, 5.41) is 13.6. The van der Waals surface area contributed by atoms with E-state index >= 15 is 0 Å². The fourth-order valence-electron chi connectivity index (χ4n) is 2.60. The van der Waals surface area contributed by atoms with Crippen LogP contribution in [0.15, 0.2) is 42.5 Å². The van der Waals surface area contributed by atoms with E-state index in [1.54, 1.807) is 24.3 Å². The number of nitro groups is 1. The Hall–Kier alpha value is -3.95. The molecule has 0 bridgehead atoms. The third-order valence-electron chi connectivity index (χ3n) is 4.05. The Balaban J connectivity index is 1.99. The number of hydrogen-bond acceptors (Lipinski definition) is 8. The van der Waals surface area contributed by atoms with E-state index in [9.17, 15) is 24.5 Å². The number of ether oxygens (including phenoxy) is 3. The SMILES string of the molecule is COc1ccc(OC)c([N+](=O)[O-])c1CC(=O)C(=O)NCC(=O)OCc1ccccc1. The number of carbonyl (C=O) groups is 3. The molecule has 2 aromatic rings. The molecule has 0 radical (unpaired) electrons. The highest BCUT2D eigenvalue weighted by atomic mass is 16.6. The predicted molar refractivity (Wildman–Crippen MR) is 104 cm³/mol. The highest BCUT2D eigenvalue weighted by Gasteiger charge is 2.28. The van der Waals surface area contributed by atoms with E-state index in [1.165, 1.54) is 26.4 Å². The van der Waals surface area contributed by atoms with Crippen LogP contribution in [0.3, 0.4) is 0 Å². The summed E-state index contributed by atoms with van der Waals surface area (Å²) in [5.41, 5.74) is 0.194. The minimum absolute atomic E-state index is 0.0245. The number of carbonyl (C=O) groups excluding carboxylic acids is 3. The summed E-state index contributed by atoms with van der Waals surface area (Å²) in [6.45, 7) is -0.495. The topological polar surface area (TPSA) is 134 Å². The van der Waals surface area contributed by atoms with Gasteiger partial charge in [-0.05, 0) is 17.7 Å². The van der Waals surface area contributed by atoms with Crippen LogP contribution in [-0.2, 0) is 32.1 Å². The smallest absolute Gasteiger partial charge is 0.325 e. The van der Waals surface area contributed by atoms with Gasteiger partial charge in [0.25, 0.3) is 5.91 Å². The van der Waals surface area contributed by atoms with Crippen LogP contribution in [0.1, 0.15) is 11.1 Å².